The lowest BCUT2D eigenvalue weighted by atomic mass is 10.1. The largest absolute Gasteiger partial charge is 0.508 e. The number of nitrogens with two attached hydrogens (primary N) is 1. The third-order valence-electron chi connectivity index (χ3n) is 3.31. The Morgan fingerprint density at radius 2 is 2.05 bits per heavy atom. The number of phenolic OH excluding ortho intramolecular Hbond substituents is 1. The van der Waals surface area contributed by atoms with Gasteiger partial charge < -0.3 is 21.5 Å². The third-order valence-corrected chi connectivity index (χ3v) is 3.31. The zero-order chi connectivity index (χ0) is 13.9. The van der Waals surface area contributed by atoms with Crippen LogP contribution in [0.1, 0.15) is 11.3 Å². The van der Waals surface area contributed by atoms with E-state index in [-0.39, 0.29) is 11.7 Å². The van der Waals surface area contributed by atoms with Gasteiger partial charge in [0.2, 0.25) is 5.95 Å². The molecule has 104 valence electrons. The lowest BCUT2D eigenvalue weighted by Crippen LogP contribution is -2.16. The molecule has 1 aliphatic heterocycles. The quantitative estimate of drug-likeness (QED) is 0.655. The van der Waals surface area contributed by atoms with E-state index in [9.17, 15) is 5.11 Å². The average Bonchev–Trinajstić information content (AvgIpc) is 2.64. The fourth-order valence-electron chi connectivity index (χ4n) is 2.39. The number of nitrogens with one attached hydrogen (secondary N) is 2. The van der Waals surface area contributed by atoms with Gasteiger partial charge in [-0.15, -0.1) is 0 Å². The minimum Gasteiger partial charge on any atom is -0.508 e. The molecule has 2 aromatic rings. The van der Waals surface area contributed by atoms with Crippen molar-refractivity contribution in [1.29, 1.82) is 0 Å². The summed E-state index contributed by atoms with van der Waals surface area (Å²) in [5.74, 6) is 1.21. The Balaban J connectivity index is 1.98. The number of hydrogen-bond acceptors (Lipinski definition) is 6. The van der Waals surface area contributed by atoms with Crippen molar-refractivity contribution in [2.24, 2.45) is 0 Å². The Bertz CT molecular complexity index is 629. The molecule has 0 radical (unpaired) electrons. The molecule has 3 rings (SSSR count). The van der Waals surface area contributed by atoms with E-state index in [0.29, 0.717) is 0 Å². The number of nitrogens with zero attached hydrogens (tertiary/aromatic N) is 2. The van der Waals surface area contributed by atoms with Gasteiger partial charge in [0.05, 0.1) is 5.69 Å². The molecule has 0 fully saturated rings. The van der Waals surface area contributed by atoms with Crippen LogP contribution in [0.5, 0.6) is 5.75 Å². The highest BCUT2D eigenvalue weighted by atomic mass is 16.3. The highest BCUT2D eigenvalue weighted by Gasteiger charge is 2.16. The maximum absolute atomic E-state index is 9.52. The molecule has 20 heavy (non-hydrogen) atoms. The van der Waals surface area contributed by atoms with Crippen molar-refractivity contribution in [1.82, 2.24) is 15.3 Å². The van der Waals surface area contributed by atoms with Crippen molar-refractivity contribution >= 4 is 17.5 Å². The van der Waals surface area contributed by atoms with Crippen LogP contribution in [0, 0.1) is 0 Å². The van der Waals surface area contributed by atoms with Gasteiger partial charge in [-0.2, -0.15) is 4.98 Å². The molecule has 0 atom stereocenters. The molecular weight excluding hydrogens is 254 g/mol. The Morgan fingerprint density at radius 1 is 1.20 bits per heavy atom. The predicted molar refractivity (Wildman–Crippen MR) is 78.1 cm³/mol. The molecular formula is C14H17N5O. The summed E-state index contributed by atoms with van der Waals surface area (Å²) < 4.78 is 0. The monoisotopic (exact) mass is 271 g/mol. The predicted octanol–water partition coefficient (Wildman–Crippen LogP) is 1.20. The van der Waals surface area contributed by atoms with Gasteiger partial charge in [0.15, 0.2) is 0 Å². The van der Waals surface area contributed by atoms with Gasteiger partial charge in [-0.25, -0.2) is 4.98 Å². The van der Waals surface area contributed by atoms with Gasteiger partial charge in [-0.3, -0.25) is 0 Å². The summed E-state index contributed by atoms with van der Waals surface area (Å²) in [6.07, 6.45) is 1.70. The zero-order valence-corrected chi connectivity index (χ0v) is 11.1. The first-order valence-electron chi connectivity index (χ1n) is 6.64. The van der Waals surface area contributed by atoms with Crippen LogP contribution >= 0.6 is 0 Å². The smallest absolute Gasteiger partial charge is 0.222 e. The van der Waals surface area contributed by atoms with Gasteiger partial charge in [0.25, 0.3) is 0 Å². The molecule has 0 spiro atoms. The normalized spacial score (nSPS) is 14.4. The topological polar surface area (TPSA) is 96.1 Å². The van der Waals surface area contributed by atoms with Crippen molar-refractivity contribution in [3.63, 3.8) is 0 Å². The van der Waals surface area contributed by atoms with Crippen LogP contribution in [0.25, 0.3) is 0 Å². The van der Waals surface area contributed by atoms with Crippen LogP contribution < -0.4 is 16.4 Å². The van der Waals surface area contributed by atoms with E-state index in [1.807, 2.05) is 6.07 Å². The number of phenols is 1. The van der Waals surface area contributed by atoms with Crippen LogP contribution in [0.4, 0.5) is 17.5 Å². The highest BCUT2D eigenvalue weighted by Crippen LogP contribution is 2.25. The molecule has 1 aromatic heterocycles. The summed E-state index contributed by atoms with van der Waals surface area (Å²) in [5.41, 5.74) is 8.65. The number of hydrogen-bond donors (Lipinski definition) is 4. The number of nitrogen functional groups attached to an aromatic ring is 1. The minimum atomic E-state index is 0.213. The molecule has 1 aliphatic rings. The van der Waals surface area contributed by atoms with Crippen molar-refractivity contribution in [3.05, 3.63) is 35.5 Å². The lowest BCUT2D eigenvalue weighted by Gasteiger charge is -2.13. The average molecular weight is 271 g/mol. The number of aromatic nitrogens is 2. The summed E-state index contributed by atoms with van der Waals surface area (Å²) in [4.78, 5) is 8.63. The zero-order valence-electron chi connectivity index (χ0n) is 11.1. The van der Waals surface area contributed by atoms with Gasteiger partial charge in [-0.05, 0) is 25.1 Å². The molecule has 0 bridgehead atoms. The van der Waals surface area contributed by atoms with Crippen LogP contribution in [-0.2, 0) is 12.8 Å². The second-order valence-electron chi connectivity index (χ2n) is 4.78. The first-order chi connectivity index (χ1) is 9.72. The summed E-state index contributed by atoms with van der Waals surface area (Å²) >= 11 is 0. The standard InChI is InChI=1S/C14H17N5O/c15-14-18-12-5-7-16-6-4-11(12)13(19-14)17-9-2-1-3-10(20)8-9/h1-3,8,16,20H,4-7H2,(H3,15,17,18,19). The second kappa shape index (κ2) is 5.34. The van der Waals surface area contributed by atoms with Crippen molar-refractivity contribution < 1.29 is 5.11 Å². The maximum Gasteiger partial charge on any atom is 0.222 e. The molecule has 0 amide bonds. The highest BCUT2D eigenvalue weighted by molar-refractivity contribution is 5.62. The molecule has 6 heteroatoms. The Hall–Kier alpha value is -2.34. The Morgan fingerprint density at radius 3 is 2.90 bits per heavy atom. The summed E-state index contributed by atoms with van der Waals surface area (Å²) in [6.45, 7) is 1.80. The van der Waals surface area contributed by atoms with Gasteiger partial charge in [0.1, 0.15) is 11.6 Å². The summed E-state index contributed by atoms with van der Waals surface area (Å²) in [6, 6.07) is 6.94. The fourth-order valence-corrected chi connectivity index (χ4v) is 2.39. The van der Waals surface area contributed by atoms with E-state index >= 15 is 0 Å². The van der Waals surface area contributed by atoms with E-state index in [1.165, 1.54) is 0 Å². The first-order valence-corrected chi connectivity index (χ1v) is 6.64. The molecule has 5 N–H and O–H groups in total. The van der Waals surface area contributed by atoms with E-state index in [2.05, 4.69) is 20.6 Å². The summed E-state index contributed by atoms with van der Waals surface area (Å²) in [7, 11) is 0. The molecule has 0 saturated heterocycles. The van der Waals surface area contributed by atoms with Gasteiger partial charge in [0, 0.05) is 30.3 Å². The molecule has 6 nitrogen and oxygen atoms in total. The fraction of sp³-hybridized carbons (Fsp3) is 0.286. The van der Waals surface area contributed by atoms with Crippen molar-refractivity contribution in [2.45, 2.75) is 12.8 Å². The van der Waals surface area contributed by atoms with Gasteiger partial charge >= 0.3 is 0 Å². The van der Waals surface area contributed by atoms with E-state index < -0.39 is 0 Å². The molecule has 0 saturated carbocycles. The third kappa shape index (κ3) is 2.65. The molecule has 1 aromatic carbocycles. The molecule has 2 heterocycles. The van der Waals surface area contributed by atoms with E-state index in [0.717, 1.165) is 48.7 Å². The van der Waals surface area contributed by atoms with Crippen LogP contribution in [0.15, 0.2) is 24.3 Å². The molecule has 0 aliphatic carbocycles. The van der Waals surface area contributed by atoms with Crippen LogP contribution in [0.3, 0.4) is 0 Å². The number of fused-ring (bicyclic) bond motifs is 1. The number of rotatable bonds is 2. The van der Waals surface area contributed by atoms with Crippen molar-refractivity contribution in [3.8, 4) is 5.75 Å². The van der Waals surface area contributed by atoms with Crippen molar-refractivity contribution in [2.75, 3.05) is 24.1 Å². The first kappa shape index (κ1) is 12.7. The SMILES string of the molecule is Nc1nc2c(c(Nc3cccc(O)c3)n1)CCNCC2. The Labute approximate surface area is 117 Å². The second-order valence-corrected chi connectivity index (χ2v) is 4.78. The van der Waals surface area contributed by atoms with Gasteiger partial charge in [-0.1, -0.05) is 6.07 Å². The molecule has 0 unspecified atom stereocenters. The Kier molecular flexibility index (Phi) is 3.39. The van der Waals surface area contributed by atoms with E-state index in [4.69, 9.17) is 5.73 Å². The van der Waals surface area contributed by atoms with E-state index in [1.54, 1.807) is 18.2 Å². The number of anilines is 3. The lowest BCUT2D eigenvalue weighted by molar-refractivity contribution is 0.475. The minimum absolute atomic E-state index is 0.213. The maximum atomic E-state index is 9.52. The summed E-state index contributed by atoms with van der Waals surface area (Å²) in [5, 5.41) is 16.1. The van der Waals surface area contributed by atoms with Crippen LogP contribution in [0.2, 0.25) is 0 Å². The number of benzene rings is 1. The number of aromatic hydroxyl groups is 1. The van der Waals surface area contributed by atoms with Crippen LogP contribution in [-0.4, -0.2) is 28.2 Å².